The first-order chi connectivity index (χ1) is 25.9. The third-order valence-electron chi connectivity index (χ3n) is 9.43. The summed E-state index contributed by atoms with van der Waals surface area (Å²) in [7, 11) is 1.44. The van der Waals surface area contributed by atoms with Crippen LogP contribution in [0, 0.1) is 29.3 Å². The molecule has 0 saturated carbocycles. The predicted octanol–water partition coefficient (Wildman–Crippen LogP) is 4.29. The lowest BCUT2D eigenvalue weighted by Crippen LogP contribution is -2.71. The van der Waals surface area contributed by atoms with Gasteiger partial charge in [0, 0.05) is 37.9 Å². The Morgan fingerprint density at radius 2 is 1.64 bits per heavy atom. The summed E-state index contributed by atoms with van der Waals surface area (Å²) in [5.74, 6) is -11.5. The highest BCUT2D eigenvalue weighted by Crippen LogP contribution is 2.49. The summed E-state index contributed by atoms with van der Waals surface area (Å²) in [6.07, 6.45) is -2.59. The number of amides is 2. The van der Waals surface area contributed by atoms with E-state index in [2.05, 4.69) is 10.3 Å². The molecule has 3 N–H and O–H groups in total. The minimum Gasteiger partial charge on any atom is -0.481 e. The molecule has 2 aromatic rings. The molecule has 56 heavy (non-hydrogen) atoms. The van der Waals surface area contributed by atoms with Crippen molar-refractivity contribution in [2.24, 2.45) is 11.8 Å². The molecule has 2 amide bonds. The number of aromatic nitrogens is 3. The lowest BCUT2D eigenvalue weighted by molar-refractivity contribution is -0.167. The summed E-state index contributed by atoms with van der Waals surface area (Å²) >= 11 is 18.5. The largest absolute Gasteiger partial charge is 0.481 e. The first-order valence-corrected chi connectivity index (χ1v) is 18.9. The molecule has 1 aromatic carbocycles. The van der Waals surface area contributed by atoms with Crippen molar-refractivity contribution in [3.05, 3.63) is 35.8 Å². The van der Waals surface area contributed by atoms with Crippen LogP contribution in [-0.2, 0) is 33.4 Å². The molecule has 2 aliphatic rings. The number of carboxylic acid groups (broad SMARTS) is 2. The fourth-order valence-electron chi connectivity index (χ4n) is 6.25. The van der Waals surface area contributed by atoms with Gasteiger partial charge in [0.1, 0.15) is 28.6 Å². The number of likely N-dealkylation sites (tertiary alicyclic amines) is 1. The molecule has 1 aromatic heterocycles. The second-order valence-corrected chi connectivity index (χ2v) is 17.4. The number of benzene rings is 1. The highest BCUT2D eigenvalue weighted by atomic mass is 35.6. The van der Waals surface area contributed by atoms with Gasteiger partial charge in [0.15, 0.2) is 23.1 Å². The smallest absolute Gasteiger partial charge is 0.410 e. The van der Waals surface area contributed by atoms with E-state index < -0.39 is 130 Å². The van der Waals surface area contributed by atoms with Gasteiger partial charge >= 0.3 is 24.0 Å². The minimum absolute atomic E-state index is 0.157. The maximum absolute atomic E-state index is 14.2. The van der Waals surface area contributed by atoms with Crippen molar-refractivity contribution in [1.29, 1.82) is 0 Å². The molecule has 23 heteroatoms. The fourth-order valence-corrected chi connectivity index (χ4v) is 7.99. The third-order valence-corrected chi connectivity index (χ3v) is 12.4. The maximum Gasteiger partial charge on any atom is 0.410 e. The lowest BCUT2D eigenvalue weighted by atomic mass is 9.79. The van der Waals surface area contributed by atoms with E-state index in [9.17, 15) is 52.5 Å². The molecule has 16 nitrogen and oxygen atoms in total. The summed E-state index contributed by atoms with van der Waals surface area (Å²) in [5, 5.41) is 38.5. The average molecular weight is 877 g/mol. The number of thioether (sulfide) groups is 1. The number of aliphatic hydroxyl groups is 1. The van der Waals surface area contributed by atoms with Crippen LogP contribution in [0.2, 0.25) is 0 Å². The summed E-state index contributed by atoms with van der Waals surface area (Å²) in [4.78, 5) is 66.0. The van der Waals surface area contributed by atoms with E-state index in [1.54, 1.807) is 6.92 Å². The molecule has 2 fully saturated rings. The van der Waals surface area contributed by atoms with Crippen molar-refractivity contribution in [3.63, 3.8) is 0 Å². The van der Waals surface area contributed by atoms with Crippen LogP contribution < -0.4 is 0 Å². The summed E-state index contributed by atoms with van der Waals surface area (Å²) in [6.45, 7) is 4.09. The topological polar surface area (TPSA) is 211 Å². The number of nitrogens with zero attached hydrogens (tertiary/aromatic N) is 5. The number of ether oxygens (including phenoxy) is 3. The van der Waals surface area contributed by atoms with Gasteiger partial charge in [0.2, 0.25) is 9.70 Å². The van der Waals surface area contributed by atoms with Gasteiger partial charge in [-0.3, -0.25) is 19.2 Å². The Bertz CT molecular complexity index is 1810. The maximum atomic E-state index is 14.2. The standard InChI is InChI=1S/C33H39Cl3F3N5O11S/c1-6-42(5)28(50)27(32(52)13-43(14-32)30(51)55-31(3,4)33(34,35)36)56-29-18(10-24(48)49)26(17(9-23(46)47)22(54-29)12-53-15(2)45)44-11-21(40-41-44)16-7-19(37)25(39)20(38)8-16/h7-8,11,17-18,22,26-27,29,52H,6,9-10,12-14H2,1-5H3,(H,46,47)(H,48,49)/t17-,18+,22-,26-,27-,29-/m0/s1. The Morgan fingerprint density at radius 3 is 2.16 bits per heavy atom. The summed E-state index contributed by atoms with van der Waals surface area (Å²) in [6, 6.07) is 0.0101. The molecule has 2 aliphatic heterocycles. The Hall–Kier alpha value is -3.56. The number of carbonyl (C=O) groups excluding carboxylic acids is 3. The van der Waals surface area contributed by atoms with Crippen molar-refractivity contribution in [3.8, 4) is 11.3 Å². The van der Waals surface area contributed by atoms with Crippen LogP contribution in [0.5, 0.6) is 0 Å². The molecular weight excluding hydrogens is 838 g/mol. The Kier molecular flexibility index (Phi) is 14.1. The van der Waals surface area contributed by atoms with Crippen LogP contribution >= 0.6 is 46.6 Å². The minimum atomic E-state index is -2.03. The number of hydrogen-bond acceptors (Lipinski definition) is 12. The average Bonchev–Trinajstić information content (AvgIpc) is 3.56. The number of aliphatic carboxylic acids is 2. The molecule has 0 spiro atoms. The monoisotopic (exact) mass is 875 g/mol. The van der Waals surface area contributed by atoms with Crippen LogP contribution in [-0.4, -0.2) is 135 Å². The second-order valence-electron chi connectivity index (χ2n) is 13.9. The first-order valence-electron chi connectivity index (χ1n) is 16.9. The number of carboxylic acids is 2. The van der Waals surface area contributed by atoms with Gasteiger partial charge in [0.25, 0.3) is 0 Å². The quantitative estimate of drug-likeness (QED) is 0.138. The zero-order chi connectivity index (χ0) is 42.1. The predicted molar refractivity (Wildman–Crippen MR) is 193 cm³/mol. The van der Waals surface area contributed by atoms with Crippen molar-refractivity contribution in [2.75, 3.05) is 33.3 Å². The Morgan fingerprint density at radius 1 is 1.07 bits per heavy atom. The van der Waals surface area contributed by atoms with Crippen molar-refractivity contribution in [1.82, 2.24) is 24.8 Å². The lowest BCUT2D eigenvalue weighted by Gasteiger charge is -2.52. The summed E-state index contributed by atoms with van der Waals surface area (Å²) < 4.78 is 58.0. The van der Waals surface area contributed by atoms with Gasteiger partial charge in [0.05, 0.1) is 44.3 Å². The molecule has 4 rings (SSSR count). The van der Waals surface area contributed by atoms with Gasteiger partial charge in [-0.2, -0.15) is 0 Å². The van der Waals surface area contributed by atoms with E-state index in [-0.39, 0.29) is 17.8 Å². The third kappa shape index (κ3) is 10.1. The van der Waals surface area contributed by atoms with Gasteiger partial charge in [-0.15, -0.1) is 16.9 Å². The van der Waals surface area contributed by atoms with E-state index in [1.165, 1.54) is 25.8 Å². The number of alkyl halides is 3. The Balaban J connectivity index is 1.79. The number of hydrogen-bond donors (Lipinski definition) is 3. The summed E-state index contributed by atoms with van der Waals surface area (Å²) in [5.41, 5.74) is -5.46. The molecule has 2 saturated heterocycles. The SMILES string of the molecule is CCN(C)C(=O)[C@H](S[C@@H]1O[C@@H](COC(C)=O)[C@H](CC(=O)O)[C@H](n2cc(-c3cc(F)c(F)c(F)c3)nn2)[C@H]1CC(=O)O)C1(O)CN(C(=O)OC(C)(C)C(Cl)(Cl)Cl)C1. The van der Waals surface area contributed by atoms with E-state index >= 15 is 0 Å². The highest BCUT2D eigenvalue weighted by molar-refractivity contribution is 8.01. The van der Waals surface area contributed by atoms with Gasteiger partial charge in [-0.25, -0.2) is 22.6 Å². The van der Waals surface area contributed by atoms with Crippen molar-refractivity contribution < 1.29 is 66.7 Å². The van der Waals surface area contributed by atoms with Crippen LogP contribution in [0.25, 0.3) is 11.3 Å². The van der Waals surface area contributed by atoms with E-state index in [1.807, 2.05) is 0 Å². The highest BCUT2D eigenvalue weighted by Gasteiger charge is 2.58. The number of halogens is 6. The van der Waals surface area contributed by atoms with Crippen LogP contribution in [0.4, 0.5) is 18.0 Å². The van der Waals surface area contributed by atoms with Gasteiger partial charge in [-0.1, -0.05) is 40.0 Å². The normalized spacial score (nSPS) is 22.8. The molecule has 3 heterocycles. The van der Waals surface area contributed by atoms with Crippen LogP contribution in [0.15, 0.2) is 18.3 Å². The van der Waals surface area contributed by atoms with E-state index in [0.29, 0.717) is 23.9 Å². The van der Waals surface area contributed by atoms with Gasteiger partial charge in [-0.05, 0) is 32.9 Å². The van der Waals surface area contributed by atoms with E-state index in [4.69, 9.17) is 49.0 Å². The molecule has 0 aliphatic carbocycles. The zero-order valence-electron chi connectivity index (χ0n) is 30.5. The molecule has 310 valence electrons. The molecule has 0 bridgehead atoms. The number of esters is 1. The molecule has 0 unspecified atom stereocenters. The second kappa shape index (κ2) is 17.5. The fraction of sp³-hybridized carbons (Fsp3) is 0.606. The number of rotatable bonds is 14. The van der Waals surface area contributed by atoms with Crippen molar-refractivity contribution >= 4 is 76.5 Å². The Labute approximate surface area is 337 Å². The van der Waals surface area contributed by atoms with Crippen molar-refractivity contribution in [2.45, 2.75) is 78.4 Å². The molecule has 6 atom stereocenters. The molecular formula is C33H39Cl3F3N5O11S. The van der Waals surface area contributed by atoms with Crippen LogP contribution in [0.3, 0.4) is 0 Å². The molecule has 0 radical (unpaired) electrons. The zero-order valence-corrected chi connectivity index (χ0v) is 33.5. The first kappa shape index (κ1) is 45.1. The number of β-amino-alcohol motifs (C(OH)–C–C–N with tert-alkyl or cyclic N) is 1. The van der Waals surface area contributed by atoms with Crippen LogP contribution in [0.1, 0.15) is 46.6 Å². The number of carbonyl (C=O) groups is 5. The van der Waals surface area contributed by atoms with Gasteiger partial charge < -0.3 is 39.3 Å². The van der Waals surface area contributed by atoms with E-state index in [0.717, 1.165) is 22.7 Å².